The highest BCUT2D eigenvalue weighted by molar-refractivity contribution is 4.85. The fourth-order valence-corrected chi connectivity index (χ4v) is 2.04. The third kappa shape index (κ3) is 3.97. The molecule has 1 rings (SSSR count). The van der Waals surface area contributed by atoms with Crippen molar-refractivity contribution in [2.75, 3.05) is 26.2 Å². The van der Waals surface area contributed by atoms with Gasteiger partial charge in [-0.25, -0.2) is 0 Å². The Hall–Kier alpha value is -0.0800. The van der Waals surface area contributed by atoms with Crippen LogP contribution in [0, 0.1) is 11.3 Å². The van der Waals surface area contributed by atoms with Crippen molar-refractivity contribution in [3.63, 3.8) is 0 Å². The van der Waals surface area contributed by atoms with Gasteiger partial charge < -0.3 is 10.6 Å². The summed E-state index contributed by atoms with van der Waals surface area (Å²) >= 11 is 0. The number of hydrogen-bond acceptors (Lipinski definition) is 2. The van der Waals surface area contributed by atoms with Gasteiger partial charge in [0.1, 0.15) is 0 Å². The van der Waals surface area contributed by atoms with E-state index in [1.54, 1.807) is 0 Å². The average Bonchev–Trinajstić information content (AvgIpc) is 2.12. The van der Waals surface area contributed by atoms with Crippen LogP contribution in [0.1, 0.15) is 40.0 Å². The predicted molar refractivity (Wildman–Crippen MR) is 62.5 cm³/mol. The SMILES string of the molecule is CCNCC(C)CNCC1(C)CCC1. The van der Waals surface area contributed by atoms with Crippen molar-refractivity contribution in [1.82, 2.24) is 10.6 Å². The van der Waals surface area contributed by atoms with Gasteiger partial charge in [0.05, 0.1) is 0 Å². The zero-order valence-electron chi connectivity index (χ0n) is 10.0. The molecule has 0 amide bonds. The lowest BCUT2D eigenvalue weighted by molar-refractivity contribution is 0.155. The molecule has 14 heavy (non-hydrogen) atoms. The van der Waals surface area contributed by atoms with E-state index in [9.17, 15) is 0 Å². The first-order valence-corrected chi connectivity index (χ1v) is 6.08. The van der Waals surface area contributed by atoms with Crippen molar-refractivity contribution in [3.05, 3.63) is 0 Å². The van der Waals surface area contributed by atoms with E-state index in [-0.39, 0.29) is 0 Å². The van der Waals surface area contributed by atoms with Crippen molar-refractivity contribution < 1.29 is 0 Å². The minimum atomic E-state index is 0.623. The second-order valence-corrected chi connectivity index (χ2v) is 5.21. The second kappa shape index (κ2) is 5.72. The van der Waals surface area contributed by atoms with E-state index >= 15 is 0 Å². The molecule has 0 aromatic carbocycles. The summed E-state index contributed by atoms with van der Waals surface area (Å²) in [5, 5.41) is 6.98. The van der Waals surface area contributed by atoms with E-state index in [4.69, 9.17) is 0 Å². The van der Waals surface area contributed by atoms with Crippen LogP contribution < -0.4 is 10.6 Å². The molecule has 1 saturated carbocycles. The Balaban J connectivity index is 1.97. The minimum absolute atomic E-state index is 0.623. The summed E-state index contributed by atoms with van der Waals surface area (Å²) in [6.45, 7) is 11.5. The molecule has 2 heteroatoms. The Bertz CT molecular complexity index is 152. The van der Waals surface area contributed by atoms with Gasteiger partial charge in [-0.3, -0.25) is 0 Å². The van der Waals surface area contributed by atoms with Gasteiger partial charge in [0, 0.05) is 6.54 Å². The summed E-state index contributed by atoms with van der Waals surface area (Å²) in [4.78, 5) is 0. The molecule has 84 valence electrons. The highest BCUT2D eigenvalue weighted by Crippen LogP contribution is 2.39. The fraction of sp³-hybridized carbons (Fsp3) is 1.00. The lowest BCUT2D eigenvalue weighted by atomic mass is 9.70. The van der Waals surface area contributed by atoms with Crippen molar-refractivity contribution in [1.29, 1.82) is 0 Å². The zero-order valence-corrected chi connectivity index (χ0v) is 10.0. The molecule has 0 heterocycles. The first-order valence-electron chi connectivity index (χ1n) is 6.08. The molecule has 1 fully saturated rings. The smallest absolute Gasteiger partial charge is 0.000528 e. The van der Waals surface area contributed by atoms with Crippen LogP contribution in [0.25, 0.3) is 0 Å². The van der Waals surface area contributed by atoms with E-state index in [2.05, 4.69) is 31.4 Å². The summed E-state index contributed by atoms with van der Waals surface area (Å²) in [6, 6.07) is 0. The molecular weight excluding hydrogens is 172 g/mol. The number of rotatable bonds is 7. The van der Waals surface area contributed by atoms with E-state index in [0.29, 0.717) is 5.41 Å². The maximum Gasteiger partial charge on any atom is 0.000528 e. The Kier molecular flexibility index (Phi) is 4.90. The summed E-state index contributed by atoms with van der Waals surface area (Å²) in [5.74, 6) is 0.749. The molecule has 1 aliphatic rings. The topological polar surface area (TPSA) is 24.1 Å². The summed E-state index contributed by atoms with van der Waals surface area (Å²) < 4.78 is 0. The molecule has 2 nitrogen and oxygen atoms in total. The molecular formula is C12H26N2. The van der Waals surface area contributed by atoms with Crippen molar-refractivity contribution in [2.45, 2.75) is 40.0 Å². The highest BCUT2D eigenvalue weighted by Gasteiger charge is 2.30. The zero-order chi connectivity index (χ0) is 10.4. The first kappa shape index (κ1) is 12.0. The van der Waals surface area contributed by atoms with Gasteiger partial charge in [-0.05, 0) is 43.8 Å². The van der Waals surface area contributed by atoms with E-state index in [1.165, 1.54) is 25.8 Å². The Labute approximate surface area is 88.8 Å². The van der Waals surface area contributed by atoms with Crippen molar-refractivity contribution >= 4 is 0 Å². The van der Waals surface area contributed by atoms with Crippen LogP contribution in [0.3, 0.4) is 0 Å². The molecule has 1 aliphatic carbocycles. The van der Waals surface area contributed by atoms with E-state index < -0.39 is 0 Å². The normalized spacial score (nSPS) is 21.6. The van der Waals surface area contributed by atoms with Crippen molar-refractivity contribution in [2.24, 2.45) is 11.3 Å². The molecule has 0 saturated heterocycles. The fourth-order valence-electron chi connectivity index (χ4n) is 2.04. The molecule has 0 radical (unpaired) electrons. The van der Waals surface area contributed by atoms with Crippen LogP contribution in [0.5, 0.6) is 0 Å². The van der Waals surface area contributed by atoms with Crippen LogP contribution in [0.2, 0.25) is 0 Å². The van der Waals surface area contributed by atoms with E-state index in [1.807, 2.05) is 0 Å². The molecule has 0 bridgehead atoms. The Morgan fingerprint density at radius 3 is 2.36 bits per heavy atom. The van der Waals surface area contributed by atoms with Gasteiger partial charge in [-0.2, -0.15) is 0 Å². The number of hydrogen-bond donors (Lipinski definition) is 2. The van der Waals surface area contributed by atoms with Crippen LogP contribution in [-0.2, 0) is 0 Å². The highest BCUT2D eigenvalue weighted by atomic mass is 14.9. The lowest BCUT2D eigenvalue weighted by Crippen LogP contribution is -2.40. The van der Waals surface area contributed by atoms with Crippen LogP contribution in [0.15, 0.2) is 0 Å². The summed E-state index contributed by atoms with van der Waals surface area (Å²) in [5.41, 5.74) is 0.623. The molecule has 0 aliphatic heterocycles. The maximum atomic E-state index is 3.60. The third-order valence-corrected chi connectivity index (χ3v) is 3.35. The van der Waals surface area contributed by atoms with Crippen molar-refractivity contribution in [3.8, 4) is 0 Å². The number of nitrogens with one attached hydrogen (secondary N) is 2. The summed E-state index contributed by atoms with van der Waals surface area (Å²) in [6.07, 6.45) is 4.27. The molecule has 0 spiro atoms. The quantitative estimate of drug-likeness (QED) is 0.654. The summed E-state index contributed by atoms with van der Waals surface area (Å²) in [7, 11) is 0. The largest absolute Gasteiger partial charge is 0.317 e. The molecule has 1 unspecified atom stereocenters. The average molecular weight is 198 g/mol. The van der Waals surface area contributed by atoms with Gasteiger partial charge >= 0.3 is 0 Å². The minimum Gasteiger partial charge on any atom is -0.317 e. The van der Waals surface area contributed by atoms with E-state index in [0.717, 1.165) is 25.6 Å². The van der Waals surface area contributed by atoms with Crippen LogP contribution >= 0.6 is 0 Å². The maximum absolute atomic E-state index is 3.60. The standard InChI is InChI=1S/C12H26N2/c1-4-13-8-11(2)9-14-10-12(3)6-5-7-12/h11,13-14H,4-10H2,1-3H3. The first-order chi connectivity index (χ1) is 6.66. The Morgan fingerprint density at radius 1 is 1.21 bits per heavy atom. The van der Waals surface area contributed by atoms with Gasteiger partial charge in [0.25, 0.3) is 0 Å². The monoisotopic (exact) mass is 198 g/mol. The molecule has 0 aromatic heterocycles. The third-order valence-electron chi connectivity index (χ3n) is 3.35. The van der Waals surface area contributed by atoms with Gasteiger partial charge in [-0.1, -0.05) is 27.2 Å². The van der Waals surface area contributed by atoms with Crippen LogP contribution in [0.4, 0.5) is 0 Å². The lowest BCUT2D eigenvalue weighted by Gasteiger charge is -2.38. The molecule has 1 atom stereocenters. The predicted octanol–water partition coefficient (Wildman–Crippen LogP) is 2.01. The molecule has 0 aromatic rings. The van der Waals surface area contributed by atoms with Gasteiger partial charge in [0.2, 0.25) is 0 Å². The van der Waals surface area contributed by atoms with Gasteiger partial charge in [0.15, 0.2) is 0 Å². The molecule has 2 N–H and O–H groups in total. The second-order valence-electron chi connectivity index (χ2n) is 5.21. The Morgan fingerprint density at radius 2 is 1.86 bits per heavy atom. The van der Waals surface area contributed by atoms with Crippen LogP contribution in [-0.4, -0.2) is 26.2 Å². The van der Waals surface area contributed by atoms with Gasteiger partial charge in [-0.15, -0.1) is 0 Å².